The van der Waals surface area contributed by atoms with Gasteiger partial charge < -0.3 is 14.9 Å². The van der Waals surface area contributed by atoms with Crippen LogP contribution in [0.3, 0.4) is 0 Å². The van der Waals surface area contributed by atoms with Crippen molar-refractivity contribution in [1.82, 2.24) is 0 Å². The zero-order chi connectivity index (χ0) is 14.1. The lowest BCUT2D eigenvalue weighted by Gasteiger charge is -2.14. The van der Waals surface area contributed by atoms with Crippen molar-refractivity contribution < 1.29 is 23.4 Å². The van der Waals surface area contributed by atoms with Gasteiger partial charge in [0.15, 0.2) is 9.84 Å². The van der Waals surface area contributed by atoms with E-state index in [4.69, 9.17) is 9.84 Å². The Hall–Kier alpha value is -1.11. The summed E-state index contributed by atoms with van der Waals surface area (Å²) in [6, 6.07) is 6.17. The lowest BCUT2D eigenvalue weighted by atomic mass is 10.3. The van der Waals surface area contributed by atoms with Gasteiger partial charge in [0.05, 0.1) is 22.4 Å². The van der Waals surface area contributed by atoms with Gasteiger partial charge in [0, 0.05) is 0 Å². The molecule has 0 saturated heterocycles. The second kappa shape index (κ2) is 5.11. The predicted molar refractivity (Wildman–Crippen MR) is 69.9 cm³/mol. The zero-order valence-electron chi connectivity index (χ0n) is 10.7. The predicted octanol–water partition coefficient (Wildman–Crippen LogP) is 0.745. The van der Waals surface area contributed by atoms with Crippen LogP contribution in [-0.4, -0.2) is 42.7 Å². The Bertz CT molecular complexity index is 546. The number of aliphatic hydroxyl groups is 2. The molecule has 1 aliphatic carbocycles. The second-order valence-electron chi connectivity index (χ2n) is 4.98. The summed E-state index contributed by atoms with van der Waals surface area (Å²) in [5.74, 6) is 0.399. The number of rotatable bonds is 6. The van der Waals surface area contributed by atoms with Crippen molar-refractivity contribution in [3.8, 4) is 5.75 Å². The van der Waals surface area contributed by atoms with Gasteiger partial charge in [-0.3, -0.25) is 0 Å². The number of hydrogen-bond donors (Lipinski definition) is 2. The van der Waals surface area contributed by atoms with E-state index in [9.17, 15) is 13.5 Å². The number of sulfone groups is 1. The fraction of sp³-hybridized carbons (Fsp3) is 0.538. The molecule has 0 radical (unpaired) electrons. The summed E-state index contributed by atoms with van der Waals surface area (Å²) in [6.45, 7) is 1.34. The molecule has 1 aromatic rings. The molecule has 0 bridgehead atoms. The van der Waals surface area contributed by atoms with E-state index in [0.29, 0.717) is 18.6 Å². The molecule has 0 aliphatic heterocycles. The third kappa shape index (κ3) is 2.75. The number of ether oxygens (including phenoxy) is 1. The average Bonchev–Trinajstić information content (AvgIpc) is 3.18. The topological polar surface area (TPSA) is 83.8 Å². The Morgan fingerprint density at radius 2 is 2.11 bits per heavy atom. The Morgan fingerprint density at radius 3 is 2.63 bits per heavy atom. The van der Waals surface area contributed by atoms with Crippen molar-refractivity contribution in [3.63, 3.8) is 0 Å². The number of benzene rings is 1. The van der Waals surface area contributed by atoms with E-state index in [1.807, 2.05) is 0 Å². The molecule has 5 nitrogen and oxygen atoms in total. The highest BCUT2D eigenvalue weighted by molar-refractivity contribution is 7.93. The minimum Gasteiger partial charge on any atom is -0.491 e. The molecule has 0 spiro atoms. The van der Waals surface area contributed by atoms with Crippen LogP contribution < -0.4 is 4.74 Å². The Kier molecular flexibility index (Phi) is 3.85. The Balaban J connectivity index is 2.24. The van der Waals surface area contributed by atoms with Crippen LogP contribution in [0.5, 0.6) is 5.75 Å². The summed E-state index contributed by atoms with van der Waals surface area (Å²) < 4.78 is 29.0. The zero-order valence-corrected chi connectivity index (χ0v) is 11.6. The maximum atomic E-state index is 12.4. The van der Waals surface area contributed by atoms with Crippen molar-refractivity contribution in [2.75, 3.05) is 13.2 Å². The van der Waals surface area contributed by atoms with E-state index >= 15 is 0 Å². The number of hydrogen-bond acceptors (Lipinski definition) is 5. The lowest BCUT2D eigenvalue weighted by Crippen LogP contribution is -2.27. The fourth-order valence-electron chi connectivity index (χ4n) is 1.85. The molecule has 0 heterocycles. The first-order chi connectivity index (χ1) is 8.91. The highest BCUT2D eigenvalue weighted by Gasteiger charge is 2.54. The van der Waals surface area contributed by atoms with E-state index in [-0.39, 0.29) is 18.1 Å². The van der Waals surface area contributed by atoms with Crippen LogP contribution in [0.1, 0.15) is 19.8 Å². The molecular formula is C13H18O5S. The van der Waals surface area contributed by atoms with Gasteiger partial charge in [0.1, 0.15) is 12.4 Å². The third-order valence-corrected chi connectivity index (χ3v) is 5.82. The van der Waals surface area contributed by atoms with Gasteiger partial charge in [-0.05, 0) is 38.0 Å². The van der Waals surface area contributed by atoms with Gasteiger partial charge in [-0.15, -0.1) is 0 Å². The summed E-state index contributed by atoms with van der Waals surface area (Å²) in [5, 5.41) is 18.4. The first-order valence-corrected chi connectivity index (χ1v) is 7.66. The van der Waals surface area contributed by atoms with Crippen LogP contribution in [0.2, 0.25) is 0 Å². The smallest absolute Gasteiger partial charge is 0.186 e. The Labute approximate surface area is 112 Å². The van der Waals surface area contributed by atoms with Crippen molar-refractivity contribution in [3.05, 3.63) is 24.3 Å². The third-order valence-electron chi connectivity index (χ3n) is 3.27. The fourth-order valence-corrected chi connectivity index (χ4v) is 3.69. The molecule has 0 amide bonds. The second-order valence-corrected chi connectivity index (χ2v) is 7.32. The van der Waals surface area contributed by atoms with Gasteiger partial charge in [0.25, 0.3) is 0 Å². The van der Waals surface area contributed by atoms with Crippen LogP contribution in [0.25, 0.3) is 0 Å². The molecule has 1 atom stereocenters. The van der Waals surface area contributed by atoms with Crippen molar-refractivity contribution in [1.29, 1.82) is 0 Å². The minimum absolute atomic E-state index is 0.106. The summed E-state index contributed by atoms with van der Waals surface area (Å²) >= 11 is 0. The molecule has 1 fully saturated rings. The van der Waals surface area contributed by atoms with E-state index in [2.05, 4.69) is 0 Å². The van der Waals surface area contributed by atoms with Gasteiger partial charge in [-0.25, -0.2) is 8.42 Å². The van der Waals surface area contributed by atoms with E-state index in [0.717, 1.165) is 0 Å². The molecule has 2 rings (SSSR count). The average molecular weight is 286 g/mol. The highest BCUT2D eigenvalue weighted by Crippen LogP contribution is 2.46. The molecular weight excluding hydrogens is 268 g/mol. The van der Waals surface area contributed by atoms with Gasteiger partial charge >= 0.3 is 0 Å². The van der Waals surface area contributed by atoms with Gasteiger partial charge in [0.2, 0.25) is 0 Å². The SMILES string of the molecule is CC(O)COc1cccc(S(=O)(=O)C2(CO)CC2)c1. The van der Waals surface area contributed by atoms with E-state index in [1.54, 1.807) is 19.1 Å². The van der Waals surface area contributed by atoms with E-state index < -0.39 is 20.7 Å². The first kappa shape index (κ1) is 14.3. The quantitative estimate of drug-likeness (QED) is 0.806. The summed E-state index contributed by atoms with van der Waals surface area (Å²) in [6.07, 6.45) is 0.363. The monoisotopic (exact) mass is 286 g/mol. The van der Waals surface area contributed by atoms with E-state index in [1.165, 1.54) is 12.1 Å². The van der Waals surface area contributed by atoms with Crippen LogP contribution in [0.15, 0.2) is 29.2 Å². The van der Waals surface area contributed by atoms with Crippen molar-refractivity contribution in [2.24, 2.45) is 0 Å². The summed E-state index contributed by atoms with van der Waals surface area (Å²) in [5.41, 5.74) is 0. The number of aliphatic hydroxyl groups excluding tert-OH is 2. The molecule has 0 aromatic heterocycles. The maximum absolute atomic E-state index is 12.4. The molecule has 1 aliphatic rings. The molecule has 1 unspecified atom stereocenters. The first-order valence-electron chi connectivity index (χ1n) is 6.18. The van der Waals surface area contributed by atoms with Crippen molar-refractivity contribution in [2.45, 2.75) is 35.5 Å². The highest BCUT2D eigenvalue weighted by atomic mass is 32.2. The van der Waals surface area contributed by atoms with Crippen LogP contribution in [0, 0.1) is 0 Å². The van der Waals surface area contributed by atoms with Crippen molar-refractivity contribution >= 4 is 9.84 Å². The molecule has 2 N–H and O–H groups in total. The molecule has 1 saturated carbocycles. The lowest BCUT2D eigenvalue weighted by molar-refractivity contribution is 0.122. The summed E-state index contributed by atoms with van der Waals surface area (Å²) in [7, 11) is -3.53. The largest absolute Gasteiger partial charge is 0.491 e. The standard InChI is InChI=1S/C13H18O5S/c1-10(15)8-18-11-3-2-4-12(7-11)19(16,17)13(9-14)5-6-13/h2-4,7,10,14-15H,5-6,8-9H2,1H3. The van der Waals surface area contributed by atoms with Crippen LogP contribution in [0.4, 0.5) is 0 Å². The van der Waals surface area contributed by atoms with Crippen LogP contribution in [-0.2, 0) is 9.84 Å². The molecule has 1 aromatic carbocycles. The Morgan fingerprint density at radius 1 is 1.42 bits per heavy atom. The van der Waals surface area contributed by atoms with Gasteiger partial charge in [-0.2, -0.15) is 0 Å². The maximum Gasteiger partial charge on any atom is 0.186 e. The molecule has 19 heavy (non-hydrogen) atoms. The summed E-state index contributed by atoms with van der Waals surface area (Å²) in [4.78, 5) is 0.155. The molecule has 106 valence electrons. The van der Waals surface area contributed by atoms with Crippen LogP contribution >= 0.6 is 0 Å². The minimum atomic E-state index is -3.53. The normalized spacial score (nSPS) is 18.9. The van der Waals surface area contributed by atoms with Gasteiger partial charge in [-0.1, -0.05) is 6.07 Å². The molecule has 6 heteroatoms.